The van der Waals surface area contributed by atoms with Gasteiger partial charge >= 0.3 is 12.4 Å². The van der Waals surface area contributed by atoms with Crippen molar-refractivity contribution in [2.45, 2.75) is 25.8 Å². The number of hydrogen-bond acceptors (Lipinski definition) is 5. The first-order valence-electron chi connectivity index (χ1n) is 9.39. The van der Waals surface area contributed by atoms with Crippen molar-refractivity contribution < 1.29 is 32.5 Å². The fraction of sp³-hybridized carbons (Fsp3) is 0.182. The molecule has 0 aliphatic heterocycles. The highest BCUT2D eigenvalue weighted by Gasteiger charge is 2.31. The molecule has 3 rings (SSSR count). The van der Waals surface area contributed by atoms with Crippen LogP contribution in [0, 0.1) is 0 Å². The van der Waals surface area contributed by atoms with Crippen molar-refractivity contribution in [3.8, 4) is 17.4 Å². The summed E-state index contributed by atoms with van der Waals surface area (Å²) in [5, 5.41) is 15.2. The number of halogens is 3. The Morgan fingerprint density at radius 3 is 2.34 bits per heavy atom. The molecule has 2 aromatic carbocycles. The van der Waals surface area contributed by atoms with Crippen LogP contribution in [0.1, 0.15) is 19.4 Å². The lowest BCUT2D eigenvalue weighted by atomic mass is 9.98. The Balaban J connectivity index is 1.68. The molecule has 0 saturated heterocycles. The van der Waals surface area contributed by atoms with Gasteiger partial charge in [0.05, 0.1) is 5.60 Å². The number of alkyl halides is 3. The van der Waals surface area contributed by atoms with Crippen LogP contribution in [0.4, 0.5) is 29.3 Å². The van der Waals surface area contributed by atoms with E-state index >= 15 is 0 Å². The number of amides is 2. The summed E-state index contributed by atoms with van der Waals surface area (Å²) in [6.45, 7) is 3.29. The van der Waals surface area contributed by atoms with Crippen LogP contribution in [-0.2, 0) is 5.60 Å². The lowest BCUT2D eigenvalue weighted by Crippen LogP contribution is -2.20. The van der Waals surface area contributed by atoms with E-state index in [0.717, 1.165) is 12.1 Å². The maximum atomic E-state index is 12.3. The van der Waals surface area contributed by atoms with E-state index in [2.05, 4.69) is 20.4 Å². The zero-order chi connectivity index (χ0) is 23.4. The first-order valence-corrected chi connectivity index (χ1v) is 9.39. The second kappa shape index (κ2) is 9.15. The number of aliphatic hydroxyl groups is 1. The SMILES string of the molecule is CC(C)(O)c1cccc(Oc2ncccc2NC(=O)Nc2ccc(OC(F)(F)F)cc2)c1. The number of nitrogens with zero attached hydrogens (tertiary/aromatic N) is 1. The van der Waals surface area contributed by atoms with Gasteiger partial charge in [-0.1, -0.05) is 12.1 Å². The van der Waals surface area contributed by atoms with Crippen molar-refractivity contribution in [2.75, 3.05) is 10.6 Å². The summed E-state index contributed by atoms with van der Waals surface area (Å²) in [5.41, 5.74) is 0.0820. The minimum Gasteiger partial charge on any atom is -0.437 e. The zero-order valence-electron chi connectivity index (χ0n) is 17.1. The maximum absolute atomic E-state index is 12.3. The number of hydrogen-bond donors (Lipinski definition) is 3. The molecule has 0 spiro atoms. The molecular weight excluding hydrogens is 427 g/mol. The van der Waals surface area contributed by atoms with Crippen LogP contribution in [0.25, 0.3) is 0 Å². The first kappa shape index (κ1) is 22.9. The molecule has 32 heavy (non-hydrogen) atoms. The van der Waals surface area contributed by atoms with Crippen molar-refractivity contribution >= 4 is 17.4 Å². The van der Waals surface area contributed by atoms with Crippen LogP contribution in [0.5, 0.6) is 17.4 Å². The molecule has 2 amide bonds. The number of rotatable bonds is 6. The van der Waals surface area contributed by atoms with E-state index in [-0.39, 0.29) is 17.3 Å². The van der Waals surface area contributed by atoms with Gasteiger partial charge in [-0.05, 0) is 67.9 Å². The predicted octanol–water partition coefficient (Wildman–Crippen LogP) is 5.64. The fourth-order valence-electron chi connectivity index (χ4n) is 2.64. The summed E-state index contributed by atoms with van der Waals surface area (Å²) in [4.78, 5) is 16.5. The molecule has 10 heteroatoms. The highest BCUT2D eigenvalue weighted by molar-refractivity contribution is 6.00. The van der Waals surface area contributed by atoms with Gasteiger partial charge in [0.1, 0.15) is 17.2 Å². The number of aromatic nitrogens is 1. The van der Waals surface area contributed by atoms with Crippen molar-refractivity contribution in [1.82, 2.24) is 4.98 Å². The van der Waals surface area contributed by atoms with Crippen LogP contribution >= 0.6 is 0 Å². The van der Waals surface area contributed by atoms with Crippen LogP contribution < -0.4 is 20.1 Å². The normalized spacial score (nSPS) is 11.6. The second-order valence-corrected chi connectivity index (χ2v) is 7.20. The molecule has 0 unspecified atom stereocenters. The summed E-state index contributed by atoms with van der Waals surface area (Å²) >= 11 is 0. The summed E-state index contributed by atoms with van der Waals surface area (Å²) in [6.07, 6.45) is -3.31. The summed E-state index contributed by atoms with van der Waals surface area (Å²) in [5.74, 6) is 0.121. The Bertz CT molecular complexity index is 1080. The molecule has 0 fully saturated rings. The maximum Gasteiger partial charge on any atom is 0.573 e. The molecule has 0 aliphatic rings. The van der Waals surface area contributed by atoms with Crippen molar-refractivity contribution in [2.24, 2.45) is 0 Å². The van der Waals surface area contributed by atoms with Crippen LogP contribution in [-0.4, -0.2) is 22.5 Å². The Morgan fingerprint density at radius 2 is 1.69 bits per heavy atom. The molecule has 3 aromatic rings. The molecule has 1 aromatic heterocycles. The Labute approximate surface area is 181 Å². The Kier molecular flexibility index (Phi) is 6.54. The smallest absolute Gasteiger partial charge is 0.437 e. The minimum absolute atomic E-state index is 0.115. The van der Waals surface area contributed by atoms with Crippen LogP contribution in [0.15, 0.2) is 66.9 Å². The molecule has 7 nitrogen and oxygen atoms in total. The summed E-state index contributed by atoms with van der Waals surface area (Å²) in [6, 6.07) is 14.0. The van der Waals surface area contributed by atoms with Gasteiger partial charge < -0.3 is 25.2 Å². The van der Waals surface area contributed by atoms with E-state index in [0.29, 0.717) is 11.3 Å². The van der Waals surface area contributed by atoms with Gasteiger partial charge in [-0.2, -0.15) is 0 Å². The van der Waals surface area contributed by atoms with Crippen molar-refractivity contribution in [3.05, 3.63) is 72.4 Å². The van der Waals surface area contributed by atoms with Crippen molar-refractivity contribution in [3.63, 3.8) is 0 Å². The van der Waals surface area contributed by atoms with E-state index in [1.54, 1.807) is 50.2 Å². The van der Waals surface area contributed by atoms with E-state index in [1.807, 2.05) is 0 Å². The van der Waals surface area contributed by atoms with Crippen LogP contribution in [0.2, 0.25) is 0 Å². The van der Waals surface area contributed by atoms with E-state index in [1.165, 1.54) is 18.3 Å². The van der Waals surface area contributed by atoms with Gasteiger partial charge in [-0.15, -0.1) is 13.2 Å². The average molecular weight is 447 g/mol. The molecule has 168 valence electrons. The first-order chi connectivity index (χ1) is 15.0. The number of anilines is 2. The monoisotopic (exact) mass is 447 g/mol. The molecule has 0 aliphatic carbocycles. The predicted molar refractivity (Wildman–Crippen MR) is 112 cm³/mol. The summed E-state index contributed by atoms with van der Waals surface area (Å²) in [7, 11) is 0. The van der Waals surface area contributed by atoms with Crippen LogP contribution in [0.3, 0.4) is 0 Å². The molecule has 1 heterocycles. The van der Waals surface area contributed by atoms with Gasteiger partial charge in [0.15, 0.2) is 0 Å². The van der Waals surface area contributed by atoms with Gasteiger partial charge in [0.2, 0.25) is 5.88 Å². The largest absolute Gasteiger partial charge is 0.573 e. The number of urea groups is 1. The van der Waals surface area contributed by atoms with Crippen molar-refractivity contribution in [1.29, 1.82) is 0 Å². The number of benzene rings is 2. The number of pyridine rings is 1. The number of carbonyl (C=O) groups excluding carboxylic acids is 1. The molecule has 0 atom stereocenters. The molecule has 0 bridgehead atoms. The van der Waals surface area contributed by atoms with Gasteiger partial charge in [-0.3, -0.25) is 0 Å². The number of ether oxygens (including phenoxy) is 2. The Morgan fingerprint density at radius 1 is 0.969 bits per heavy atom. The highest BCUT2D eigenvalue weighted by Crippen LogP contribution is 2.30. The zero-order valence-corrected chi connectivity index (χ0v) is 17.1. The third-order valence-corrected chi connectivity index (χ3v) is 4.12. The lowest BCUT2D eigenvalue weighted by Gasteiger charge is -2.18. The molecule has 0 radical (unpaired) electrons. The third-order valence-electron chi connectivity index (χ3n) is 4.12. The number of nitrogens with one attached hydrogen (secondary N) is 2. The van der Waals surface area contributed by atoms with Gasteiger partial charge in [0, 0.05) is 11.9 Å². The quantitative estimate of drug-likeness (QED) is 0.455. The topological polar surface area (TPSA) is 92.7 Å². The van der Waals surface area contributed by atoms with E-state index in [9.17, 15) is 23.1 Å². The highest BCUT2D eigenvalue weighted by atomic mass is 19.4. The Hall–Kier alpha value is -3.79. The van der Waals surface area contributed by atoms with E-state index < -0.39 is 23.7 Å². The second-order valence-electron chi connectivity index (χ2n) is 7.20. The fourth-order valence-corrected chi connectivity index (χ4v) is 2.64. The lowest BCUT2D eigenvalue weighted by molar-refractivity contribution is -0.274. The van der Waals surface area contributed by atoms with Gasteiger partial charge in [0.25, 0.3) is 0 Å². The third kappa shape index (κ3) is 6.61. The average Bonchev–Trinajstić information content (AvgIpc) is 2.69. The standard InChI is InChI=1S/C22H20F3N3O4/c1-21(2,30)14-5-3-6-17(13-14)31-19-18(7-4-12-26-19)28-20(29)27-15-8-10-16(11-9-15)32-22(23,24)25/h3-13,30H,1-2H3,(H2,27,28,29). The summed E-state index contributed by atoms with van der Waals surface area (Å²) < 4.78 is 46.3. The molecule has 0 saturated carbocycles. The minimum atomic E-state index is -4.80. The van der Waals surface area contributed by atoms with Gasteiger partial charge in [-0.25, -0.2) is 9.78 Å². The molecule has 3 N–H and O–H groups in total. The number of carbonyl (C=O) groups is 1. The van der Waals surface area contributed by atoms with E-state index in [4.69, 9.17) is 4.74 Å². The molecular formula is C22H20F3N3O4.